The van der Waals surface area contributed by atoms with Crippen molar-refractivity contribution >= 4 is 0 Å². The third-order valence-electron chi connectivity index (χ3n) is 3.82. The number of hydrogen-bond donors (Lipinski definition) is 1. The largest absolute Gasteiger partial charge is 0.385 e. The van der Waals surface area contributed by atoms with Crippen LogP contribution >= 0.6 is 0 Å². The van der Waals surface area contributed by atoms with Crippen LogP contribution in [0.1, 0.15) is 26.2 Å². The molecule has 0 saturated carbocycles. The maximum absolute atomic E-state index is 5.20. The zero-order valence-corrected chi connectivity index (χ0v) is 12.3. The molecule has 2 atom stereocenters. The standard InChI is InChI=1S/C14H30N2O2/c1-13-6-4-7-15-14(13)12-16(9-11-18-3)8-5-10-17-2/h13-15H,4-12H2,1-3H3. The first-order valence-corrected chi connectivity index (χ1v) is 7.21. The summed E-state index contributed by atoms with van der Waals surface area (Å²) < 4.78 is 10.3. The summed E-state index contributed by atoms with van der Waals surface area (Å²) in [5.41, 5.74) is 0. The van der Waals surface area contributed by atoms with Gasteiger partial charge in [-0.05, 0) is 31.7 Å². The third kappa shape index (κ3) is 6.14. The van der Waals surface area contributed by atoms with Crippen LogP contribution in [0.2, 0.25) is 0 Å². The fraction of sp³-hybridized carbons (Fsp3) is 1.00. The van der Waals surface area contributed by atoms with E-state index in [1.165, 1.54) is 19.4 Å². The highest BCUT2D eigenvalue weighted by Gasteiger charge is 2.22. The molecular weight excluding hydrogens is 228 g/mol. The van der Waals surface area contributed by atoms with Gasteiger partial charge in [-0.1, -0.05) is 6.92 Å². The summed E-state index contributed by atoms with van der Waals surface area (Å²) in [7, 11) is 3.54. The fourth-order valence-corrected chi connectivity index (χ4v) is 2.58. The third-order valence-corrected chi connectivity index (χ3v) is 3.82. The van der Waals surface area contributed by atoms with Crippen molar-refractivity contribution in [1.82, 2.24) is 10.2 Å². The van der Waals surface area contributed by atoms with Crippen molar-refractivity contribution in [3.8, 4) is 0 Å². The summed E-state index contributed by atoms with van der Waals surface area (Å²) >= 11 is 0. The van der Waals surface area contributed by atoms with Gasteiger partial charge in [0.1, 0.15) is 0 Å². The van der Waals surface area contributed by atoms with Crippen LogP contribution in [-0.2, 0) is 9.47 Å². The topological polar surface area (TPSA) is 33.7 Å². The van der Waals surface area contributed by atoms with E-state index in [4.69, 9.17) is 9.47 Å². The molecule has 1 rings (SSSR count). The van der Waals surface area contributed by atoms with Crippen LogP contribution in [0.4, 0.5) is 0 Å². The van der Waals surface area contributed by atoms with Crippen LogP contribution < -0.4 is 5.32 Å². The second kappa shape index (κ2) is 9.73. The zero-order valence-electron chi connectivity index (χ0n) is 12.3. The van der Waals surface area contributed by atoms with E-state index in [0.29, 0.717) is 6.04 Å². The van der Waals surface area contributed by atoms with E-state index in [0.717, 1.165) is 45.2 Å². The maximum Gasteiger partial charge on any atom is 0.0589 e. The number of rotatable bonds is 9. The van der Waals surface area contributed by atoms with Crippen molar-refractivity contribution in [2.45, 2.75) is 32.2 Å². The van der Waals surface area contributed by atoms with E-state index >= 15 is 0 Å². The lowest BCUT2D eigenvalue weighted by atomic mass is 9.92. The fourth-order valence-electron chi connectivity index (χ4n) is 2.58. The number of nitrogens with zero attached hydrogens (tertiary/aromatic N) is 1. The average Bonchev–Trinajstić information content (AvgIpc) is 2.38. The summed E-state index contributed by atoms with van der Waals surface area (Å²) in [6.45, 7) is 8.44. The molecule has 0 aromatic carbocycles. The number of nitrogens with one attached hydrogen (secondary N) is 1. The first-order valence-electron chi connectivity index (χ1n) is 7.21. The molecule has 0 aromatic rings. The van der Waals surface area contributed by atoms with Gasteiger partial charge in [-0.2, -0.15) is 0 Å². The predicted molar refractivity (Wildman–Crippen MR) is 75.0 cm³/mol. The monoisotopic (exact) mass is 258 g/mol. The van der Waals surface area contributed by atoms with Crippen LogP contribution in [0.3, 0.4) is 0 Å². The molecule has 1 saturated heterocycles. The molecule has 2 unspecified atom stereocenters. The van der Waals surface area contributed by atoms with Crippen molar-refractivity contribution in [3.63, 3.8) is 0 Å². The normalized spacial score (nSPS) is 24.7. The summed E-state index contributed by atoms with van der Waals surface area (Å²) in [4.78, 5) is 2.50. The van der Waals surface area contributed by atoms with Crippen LogP contribution in [0, 0.1) is 5.92 Å². The molecule has 0 amide bonds. The Bertz CT molecular complexity index is 202. The predicted octanol–water partition coefficient (Wildman–Crippen LogP) is 1.36. The lowest BCUT2D eigenvalue weighted by molar-refractivity contribution is 0.115. The minimum atomic E-state index is 0.637. The van der Waals surface area contributed by atoms with Gasteiger partial charge in [0.25, 0.3) is 0 Å². The Morgan fingerprint density at radius 3 is 2.61 bits per heavy atom. The highest BCUT2D eigenvalue weighted by atomic mass is 16.5. The molecule has 4 nitrogen and oxygen atoms in total. The first-order chi connectivity index (χ1) is 8.77. The quantitative estimate of drug-likeness (QED) is 0.633. The molecule has 0 radical (unpaired) electrons. The van der Waals surface area contributed by atoms with E-state index in [1.54, 1.807) is 14.2 Å². The Hall–Kier alpha value is -0.160. The summed E-state index contributed by atoms with van der Waals surface area (Å²) in [6.07, 6.45) is 3.77. The molecule has 4 heteroatoms. The maximum atomic E-state index is 5.20. The summed E-state index contributed by atoms with van der Waals surface area (Å²) in [6, 6.07) is 0.637. The van der Waals surface area contributed by atoms with Gasteiger partial charge in [0.15, 0.2) is 0 Å². The van der Waals surface area contributed by atoms with E-state index in [9.17, 15) is 0 Å². The Balaban J connectivity index is 2.32. The lowest BCUT2D eigenvalue weighted by Crippen LogP contribution is -2.48. The van der Waals surface area contributed by atoms with Gasteiger partial charge in [0.05, 0.1) is 6.61 Å². The van der Waals surface area contributed by atoms with Crippen molar-refractivity contribution in [2.75, 3.05) is 53.6 Å². The Kier molecular flexibility index (Phi) is 8.59. The van der Waals surface area contributed by atoms with E-state index in [1.807, 2.05) is 0 Å². The molecule has 108 valence electrons. The SMILES string of the molecule is COCCCN(CCOC)CC1NCCCC1C. The van der Waals surface area contributed by atoms with Gasteiger partial charge in [-0.3, -0.25) is 4.90 Å². The molecule has 0 aromatic heterocycles. The van der Waals surface area contributed by atoms with Gasteiger partial charge >= 0.3 is 0 Å². The van der Waals surface area contributed by atoms with Crippen molar-refractivity contribution in [1.29, 1.82) is 0 Å². The van der Waals surface area contributed by atoms with Crippen LogP contribution in [0.5, 0.6) is 0 Å². The zero-order chi connectivity index (χ0) is 13.2. The minimum absolute atomic E-state index is 0.637. The molecule has 0 aliphatic carbocycles. The lowest BCUT2D eigenvalue weighted by Gasteiger charge is -2.34. The van der Waals surface area contributed by atoms with Gasteiger partial charge in [0.2, 0.25) is 0 Å². The van der Waals surface area contributed by atoms with Gasteiger partial charge < -0.3 is 14.8 Å². The summed E-state index contributed by atoms with van der Waals surface area (Å²) in [5.74, 6) is 0.784. The number of ether oxygens (including phenoxy) is 2. The van der Waals surface area contributed by atoms with Gasteiger partial charge in [-0.15, -0.1) is 0 Å². The second-order valence-corrected chi connectivity index (χ2v) is 5.32. The van der Waals surface area contributed by atoms with Crippen molar-refractivity contribution in [3.05, 3.63) is 0 Å². The summed E-state index contributed by atoms with van der Waals surface area (Å²) in [5, 5.41) is 3.65. The first kappa shape index (κ1) is 15.9. The van der Waals surface area contributed by atoms with Crippen molar-refractivity contribution < 1.29 is 9.47 Å². The number of hydrogen-bond acceptors (Lipinski definition) is 4. The number of piperidine rings is 1. The molecule has 1 aliphatic heterocycles. The molecular formula is C14H30N2O2. The van der Waals surface area contributed by atoms with Crippen LogP contribution in [-0.4, -0.2) is 64.6 Å². The second-order valence-electron chi connectivity index (χ2n) is 5.32. The van der Waals surface area contributed by atoms with Gasteiger partial charge in [0, 0.05) is 46.5 Å². The minimum Gasteiger partial charge on any atom is -0.385 e. The molecule has 0 spiro atoms. The van der Waals surface area contributed by atoms with Crippen LogP contribution in [0.25, 0.3) is 0 Å². The molecule has 1 heterocycles. The Labute approximate surface area is 112 Å². The molecule has 1 fully saturated rings. The average molecular weight is 258 g/mol. The highest BCUT2D eigenvalue weighted by Crippen LogP contribution is 2.16. The van der Waals surface area contributed by atoms with E-state index in [-0.39, 0.29) is 0 Å². The Morgan fingerprint density at radius 2 is 1.94 bits per heavy atom. The smallest absolute Gasteiger partial charge is 0.0589 e. The van der Waals surface area contributed by atoms with Crippen molar-refractivity contribution in [2.24, 2.45) is 5.92 Å². The molecule has 18 heavy (non-hydrogen) atoms. The molecule has 1 aliphatic rings. The van der Waals surface area contributed by atoms with E-state index < -0.39 is 0 Å². The molecule has 1 N–H and O–H groups in total. The Morgan fingerprint density at radius 1 is 1.17 bits per heavy atom. The number of methoxy groups -OCH3 is 2. The van der Waals surface area contributed by atoms with Crippen LogP contribution in [0.15, 0.2) is 0 Å². The van der Waals surface area contributed by atoms with Gasteiger partial charge in [-0.25, -0.2) is 0 Å². The highest BCUT2D eigenvalue weighted by molar-refractivity contribution is 4.81. The van der Waals surface area contributed by atoms with E-state index in [2.05, 4.69) is 17.1 Å². The molecule has 0 bridgehead atoms.